The Bertz CT molecular complexity index is 855. The van der Waals surface area contributed by atoms with Crippen molar-refractivity contribution in [3.05, 3.63) is 65.7 Å². The molecule has 0 atom stereocenters. The molecule has 146 valence electrons. The van der Waals surface area contributed by atoms with Crippen LogP contribution in [0.4, 0.5) is 0 Å². The van der Waals surface area contributed by atoms with Crippen LogP contribution in [0.5, 0.6) is 11.5 Å². The number of esters is 3. The molecule has 0 aliphatic carbocycles. The molecule has 0 saturated heterocycles. The molecule has 0 aromatic heterocycles. The quantitative estimate of drug-likeness (QED) is 0.389. The second-order valence-corrected chi connectivity index (χ2v) is 5.79. The number of carbonyl (C=O) groups excluding carboxylic acids is 3. The van der Waals surface area contributed by atoms with Crippen LogP contribution in [-0.4, -0.2) is 17.9 Å². The average molecular weight is 382 g/mol. The summed E-state index contributed by atoms with van der Waals surface area (Å²) in [6, 6.07) is 14.0. The molecule has 0 bridgehead atoms. The lowest BCUT2D eigenvalue weighted by Crippen LogP contribution is -2.10. The van der Waals surface area contributed by atoms with Crippen molar-refractivity contribution in [1.29, 1.82) is 0 Å². The van der Waals surface area contributed by atoms with Gasteiger partial charge < -0.3 is 14.2 Å². The van der Waals surface area contributed by atoms with Crippen LogP contribution in [0.2, 0.25) is 0 Å². The first-order valence-electron chi connectivity index (χ1n) is 8.96. The standard InChI is InChI=1S/C22H22O6/c1-3-20(23)27-18-12-10-16(14-19(18)28-21(24)4-2)11-13-22(25)26-15-17-8-6-5-7-9-17/h5-14H,3-4,15H2,1-2H3/b13-11+. The van der Waals surface area contributed by atoms with Crippen molar-refractivity contribution >= 4 is 24.0 Å². The van der Waals surface area contributed by atoms with Gasteiger partial charge >= 0.3 is 17.9 Å². The molecule has 0 fully saturated rings. The molecule has 0 N–H and O–H groups in total. The summed E-state index contributed by atoms with van der Waals surface area (Å²) >= 11 is 0. The Labute approximate surface area is 163 Å². The van der Waals surface area contributed by atoms with Crippen molar-refractivity contribution in [1.82, 2.24) is 0 Å². The maximum atomic E-state index is 11.9. The first kappa shape index (κ1) is 20.9. The molecular formula is C22H22O6. The number of rotatable bonds is 8. The summed E-state index contributed by atoms with van der Waals surface area (Å²) in [5.74, 6) is -1.14. The number of benzene rings is 2. The normalized spacial score (nSPS) is 10.5. The van der Waals surface area contributed by atoms with Crippen LogP contribution in [0.1, 0.15) is 37.8 Å². The summed E-state index contributed by atoms with van der Waals surface area (Å²) in [4.78, 5) is 35.1. The second-order valence-electron chi connectivity index (χ2n) is 5.79. The highest BCUT2D eigenvalue weighted by Gasteiger charge is 2.13. The minimum absolute atomic E-state index is 0.119. The third kappa shape index (κ3) is 6.72. The molecule has 0 unspecified atom stereocenters. The highest BCUT2D eigenvalue weighted by Crippen LogP contribution is 2.29. The van der Waals surface area contributed by atoms with Crippen LogP contribution >= 0.6 is 0 Å². The van der Waals surface area contributed by atoms with E-state index in [4.69, 9.17) is 14.2 Å². The van der Waals surface area contributed by atoms with Gasteiger partial charge in [-0.3, -0.25) is 9.59 Å². The van der Waals surface area contributed by atoms with Gasteiger partial charge in [0.1, 0.15) is 6.61 Å². The molecule has 0 heterocycles. The zero-order chi connectivity index (χ0) is 20.4. The second kappa shape index (κ2) is 10.7. The molecule has 0 aliphatic rings. The predicted molar refractivity (Wildman–Crippen MR) is 104 cm³/mol. The Hall–Kier alpha value is -3.41. The van der Waals surface area contributed by atoms with Gasteiger partial charge in [0.25, 0.3) is 0 Å². The topological polar surface area (TPSA) is 78.9 Å². The Kier molecular flexibility index (Phi) is 7.96. The monoisotopic (exact) mass is 382 g/mol. The van der Waals surface area contributed by atoms with Gasteiger partial charge in [-0.05, 0) is 29.3 Å². The average Bonchev–Trinajstić information content (AvgIpc) is 2.72. The smallest absolute Gasteiger partial charge is 0.331 e. The highest BCUT2D eigenvalue weighted by atomic mass is 16.6. The van der Waals surface area contributed by atoms with Gasteiger partial charge in [0.05, 0.1) is 0 Å². The van der Waals surface area contributed by atoms with Crippen molar-refractivity contribution in [2.45, 2.75) is 33.3 Å². The van der Waals surface area contributed by atoms with Gasteiger partial charge in [-0.1, -0.05) is 50.2 Å². The lowest BCUT2D eigenvalue weighted by atomic mass is 10.2. The van der Waals surface area contributed by atoms with Crippen LogP contribution < -0.4 is 9.47 Å². The minimum Gasteiger partial charge on any atom is -0.458 e. The summed E-state index contributed by atoms with van der Waals surface area (Å²) in [6.45, 7) is 3.50. The van der Waals surface area contributed by atoms with E-state index in [1.54, 1.807) is 19.9 Å². The molecule has 2 aromatic rings. The molecule has 6 nitrogen and oxygen atoms in total. The summed E-state index contributed by atoms with van der Waals surface area (Å²) in [6.07, 6.45) is 3.17. The van der Waals surface area contributed by atoms with Crippen LogP contribution in [0, 0.1) is 0 Å². The third-order valence-corrected chi connectivity index (χ3v) is 3.63. The van der Waals surface area contributed by atoms with Gasteiger partial charge in [-0.25, -0.2) is 4.79 Å². The van der Waals surface area contributed by atoms with E-state index in [0.29, 0.717) is 5.56 Å². The third-order valence-electron chi connectivity index (χ3n) is 3.63. The molecule has 0 spiro atoms. The summed E-state index contributed by atoms with van der Waals surface area (Å²) in [5, 5.41) is 0. The lowest BCUT2D eigenvalue weighted by molar-refractivity contribution is -0.139. The lowest BCUT2D eigenvalue weighted by Gasteiger charge is -2.10. The highest BCUT2D eigenvalue weighted by molar-refractivity contribution is 5.87. The van der Waals surface area contributed by atoms with Crippen molar-refractivity contribution in [2.75, 3.05) is 0 Å². The van der Waals surface area contributed by atoms with Crippen molar-refractivity contribution in [3.63, 3.8) is 0 Å². The van der Waals surface area contributed by atoms with Crippen molar-refractivity contribution in [3.8, 4) is 11.5 Å². The maximum Gasteiger partial charge on any atom is 0.331 e. The fourth-order valence-electron chi connectivity index (χ4n) is 2.12. The molecular weight excluding hydrogens is 360 g/mol. The van der Waals surface area contributed by atoms with E-state index in [1.165, 1.54) is 24.3 Å². The Balaban J connectivity index is 2.07. The van der Waals surface area contributed by atoms with E-state index in [2.05, 4.69) is 0 Å². The molecule has 0 radical (unpaired) electrons. The molecule has 28 heavy (non-hydrogen) atoms. The summed E-state index contributed by atoms with van der Waals surface area (Å²) in [5.41, 5.74) is 1.48. The zero-order valence-electron chi connectivity index (χ0n) is 15.8. The maximum absolute atomic E-state index is 11.9. The summed E-state index contributed by atoms with van der Waals surface area (Å²) in [7, 11) is 0. The van der Waals surface area contributed by atoms with E-state index < -0.39 is 17.9 Å². The Morgan fingerprint density at radius 3 is 2.14 bits per heavy atom. The molecule has 0 aliphatic heterocycles. The summed E-state index contributed by atoms with van der Waals surface area (Å²) < 4.78 is 15.6. The van der Waals surface area contributed by atoms with E-state index in [9.17, 15) is 14.4 Å². The van der Waals surface area contributed by atoms with Gasteiger partial charge in [-0.15, -0.1) is 0 Å². The molecule has 6 heteroatoms. The Morgan fingerprint density at radius 2 is 1.50 bits per heavy atom. The van der Waals surface area contributed by atoms with E-state index in [1.807, 2.05) is 30.3 Å². The zero-order valence-corrected chi connectivity index (χ0v) is 15.8. The number of hydrogen-bond acceptors (Lipinski definition) is 6. The van der Waals surface area contributed by atoms with E-state index in [0.717, 1.165) is 5.56 Å². The number of carbonyl (C=O) groups is 3. The number of hydrogen-bond donors (Lipinski definition) is 0. The molecule has 2 aromatic carbocycles. The first-order chi connectivity index (χ1) is 13.5. The Morgan fingerprint density at radius 1 is 0.857 bits per heavy atom. The van der Waals surface area contributed by atoms with Gasteiger partial charge in [0, 0.05) is 18.9 Å². The van der Waals surface area contributed by atoms with Gasteiger partial charge in [-0.2, -0.15) is 0 Å². The fraction of sp³-hybridized carbons (Fsp3) is 0.227. The molecule has 2 rings (SSSR count). The van der Waals surface area contributed by atoms with Gasteiger partial charge in [0.2, 0.25) is 0 Å². The van der Waals surface area contributed by atoms with E-state index >= 15 is 0 Å². The van der Waals surface area contributed by atoms with Gasteiger partial charge in [0.15, 0.2) is 11.5 Å². The predicted octanol–water partition coefficient (Wildman–Crippen LogP) is 4.07. The minimum atomic E-state index is -0.502. The number of ether oxygens (including phenoxy) is 3. The molecule has 0 saturated carbocycles. The van der Waals surface area contributed by atoms with Crippen molar-refractivity contribution < 1.29 is 28.6 Å². The van der Waals surface area contributed by atoms with Crippen molar-refractivity contribution in [2.24, 2.45) is 0 Å². The SMILES string of the molecule is CCC(=O)Oc1ccc(/C=C/C(=O)OCc2ccccc2)cc1OC(=O)CC. The van der Waals surface area contributed by atoms with Crippen LogP contribution in [0.25, 0.3) is 6.08 Å². The largest absolute Gasteiger partial charge is 0.458 e. The van der Waals surface area contributed by atoms with Crippen LogP contribution in [0.15, 0.2) is 54.6 Å². The van der Waals surface area contributed by atoms with Crippen LogP contribution in [-0.2, 0) is 25.7 Å². The van der Waals surface area contributed by atoms with Crippen LogP contribution in [0.3, 0.4) is 0 Å². The molecule has 0 amide bonds. The van der Waals surface area contributed by atoms with E-state index in [-0.39, 0.29) is 30.9 Å². The first-order valence-corrected chi connectivity index (χ1v) is 8.96. The fourth-order valence-corrected chi connectivity index (χ4v) is 2.12.